The molecular weight excluding hydrogens is 218 g/mol. The van der Waals surface area contributed by atoms with E-state index < -0.39 is 17.1 Å². The van der Waals surface area contributed by atoms with E-state index in [0.29, 0.717) is 13.1 Å². The van der Waals surface area contributed by atoms with Gasteiger partial charge < -0.3 is 5.11 Å². The average molecular weight is 229 g/mol. The van der Waals surface area contributed by atoms with E-state index in [1.807, 2.05) is 0 Å². The normalized spacial score (nSPS) is 10.3. The zero-order valence-corrected chi connectivity index (χ0v) is 9.24. The standard InChI is InChI=1S/C8H11N3O3S/c1-3-10-6(12)5(9-14)7(13)11(4-2)8(10)15/h12H,3-4H2,1-2H3. The Kier molecular flexibility index (Phi) is 3.35. The van der Waals surface area contributed by atoms with Gasteiger partial charge in [-0.3, -0.25) is 13.9 Å². The molecule has 7 heteroatoms. The highest BCUT2D eigenvalue weighted by molar-refractivity contribution is 7.71. The van der Waals surface area contributed by atoms with Crippen molar-refractivity contribution in [3.63, 3.8) is 0 Å². The number of hydrogen-bond acceptors (Lipinski definition) is 5. The quantitative estimate of drug-likeness (QED) is 0.629. The van der Waals surface area contributed by atoms with Gasteiger partial charge in [0.1, 0.15) is 0 Å². The minimum absolute atomic E-state index is 0.190. The third-order valence-electron chi connectivity index (χ3n) is 2.10. The molecule has 1 heterocycles. The first-order valence-corrected chi connectivity index (χ1v) is 4.89. The summed E-state index contributed by atoms with van der Waals surface area (Å²) in [6.45, 7) is 4.17. The summed E-state index contributed by atoms with van der Waals surface area (Å²) in [4.78, 5) is 22.0. The average Bonchev–Trinajstić information content (AvgIpc) is 2.19. The van der Waals surface area contributed by atoms with E-state index in [1.54, 1.807) is 13.8 Å². The van der Waals surface area contributed by atoms with Crippen LogP contribution in [0.2, 0.25) is 0 Å². The highest BCUT2D eigenvalue weighted by atomic mass is 32.1. The molecule has 0 spiro atoms. The van der Waals surface area contributed by atoms with Gasteiger partial charge in [-0.15, -0.1) is 4.91 Å². The topological polar surface area (TPSA) is 76.6 Å². The maximum absolute atomic E-state index is 11.6. The van der Waals surface area contributed by atoms with Crippen LogP contribution in [0.3, 0.4) is 0 Å². The number of hydrogen-bond donors (Lipinski definition) is 1. The molecule has 1 aromatic heterocycles. The largest absolute Gasteiger partial charge is 0.493 e. The van der Waals surface area contributed by atoms with Gasteiger partial charge >= 0.3 is 0 Å². The van der Waals surface area contributed by atoms with Gasteiger partial charge in [0.2, 0.25) is 11.6 Å². The lowest BCUT2D eigenvalue weighted by Crippen LogP contribution is -2.24. The molecule has 0 aliphatic rings. The van der Waals surface area contributed by atoms with Crippen LogP contribution in [0.15, 0.2) is 9.97 Å². The van der Waals surface area contributed by atoms with Crippen molar-refractivity contribution in [1.29, 1.82) is 0 Å². The van der Waals surface area contributed by atoms with Gasteiger partial charge in [0.15, 0.2) is 4.77 Å². The Bertz CT molecular complexity index is 503. The van der Waals surface area contributed by atoms with E-state index in [9.17, 15) is 14.8 Å². The fourth-order valence-electron chi connectivity index (χ4n) is 1.32. The van der Waals surface area contributed by atoms with Crippen molar-refractivity contribution in [2.75, 3.05) is 0 Å². The maximum Gasteiger partial charge on any atom is 0.287 e. The van der Waals surface area contributed by atoms with Gasteiger partial charge in [-0.2, -0.15) is 0 Å². The predicted octanol–water partition coefficient (Wildman–Crippen LogP) is 1.52. The number of aromatic nitrogens is 2. The molecule has 0 bridgehead atoms. The van der Waals surface area contributed by atoms with Gasteiger partial charge in [-0.1, -0.05) is 0 Å². The summed E-state index contributed by atoms with van der Waals surface area (Å²) in [5.41, 5.74) is -1.15. The summed E-state index contributed by atoms with van der Waals surface area (Å²) in [5.74, 6) is -0.466. The van der Waals surface area contributed by atoms with E-state index in [0.717, 1.165) is 0 Å². The number of nitrogens with zero attached hydrogens (tertiary/aromatic N) is 3. The minimum Gasteiger partial charge on any atom is -0.493 e. The molecule has 1 aromatic rings. The second kappa shape index (κ2) is 4.35. The molecule has 0 saturated carbocycles. The smallest absolute Gasteiger partial charge is 0.287 e. The SMILES string of the molecule is CCn1c(O)c(N=O)c(=O)n(CC)c1=S. The van der Waals surface area contributed by atoms with Crippen LogP contribution < -0.4 is 5.56 Å². The second-order valence-electron chi connectivity index (χ2n) is 2.84. The Balaban J connectivity index is 3.81. The Labute approximate surface area is 90.8 Å². The van der Waals surface area contributed by atoms with Crippen LogP contribution in [0, 0.1) is 9.68 Å². The summed E-state index contributed by atoms with van der Waals surface area (Å²) in [6, 6.07) is 0. The van der Waals surface area contributed by atoms with Gasteiger partial charge in [-0.05, 0) is 31.2 Å². The van der Waals surface area contributed by atoms with Crippen LogP contribution in [-0.2, 0) is 13.1 Å². The van der Waals surface area contributed by atoms with Crippen LogP contribution in [0.25, 0.3) is 0 Å². The van der Waals surface area contributed by atoms with Crippen molar-refractivity contribution < 1.29 is 5.11 Å². The molecule has 0 aliphatic carbocycles. The monoisotopic (exact) mass is 229 g/mol. The third kappa shape index (κ3) is 1.70. The Morgan fingerprint density at radius 1 is 1.33 bits per heavy atom. The van der Waals surface area contributed by atoms with E-state index in [4.69, 9.17) is 12.2 Å². The number of nitroso groups, excluding NO2 is 1. The minimum atomic E-state index is -0.653. The molecule has 0 unspecified atom stereocenters. The fourth-order valence-corrected chi connectivity index (χ4v) is 1.75. The Morgan fingerprint density at radius 3 is 2.27 bits per heavy atom. The van der Waals surface area contributed by atoms with Gasteiger partial charge in [-0.25, -0.2) is 0 Å². The van der Waals surface area contributed by atoms with Crippen molar-refractivity contribution in [3.05, 3.63) is 20.0 Å². The second-order valence-corrected chi connectivity index (χ2v) is 3.20. The zero-order chi connectivity index (χ0) is 11.6. The summed E-state index contributed by atoms with van der Waals surface area (Å²) < 4.78 is 2.70. The van der Waals surface area contributed by atoms with E-state index >= 15 is 0 Å². The molecule has 0 aliphatic heterocycles. The molecule has 0 atom stereocenters. The lowest BCUT2D eigenvalue weighted by atomic mass is 10.4. The first-order valence-electron chi connectivity index (χ1n) is 4.48. The van der Waals surface area contributed by atoms with Crippen molar-refractivity contribution in [3.8, 4) is 5.88 Å². The lowest BCUT2D eigenvalue weighted by Gasteiger charge is -2.11. The summed E-state index contributed by atoms with van der Waals surface area (Å²) in [6.07, 6.45) is 0. The molecule has 0 amide bonds. The molecule has 1 N–H and O–H groups in total. The predicted molar refractivity (Wildman–Crippen MR) is 58.0 cm³/mol. The maximum atomic E-state index is 11.6. The van der Waals surface area contributed by atoms with Crippen molar-refractivity contribution in [2.45, 2.75) is 26.9 Å². The van der Waals surface area contributed by atoms with Crippen LogP contribution in [0.4, 0.5) is 5.69 Å². The molecular formula is C8H11N3O3S. The molecule has 0 fully saturated rings. The molecule has 0 radical (unpaired) electrons. The van der Waals surface area contributed by atoms with Gasteiger partial charge in [0, 0.05) is 13.1 Å². The summed E-state index contributed by atoms with van der Waals surface area (Å²) in [5, 5.41) is 12.1. The Morgan fingerprint density at radius 2 is 1.87 bits per heavy atom. The van der Waals surface area contributed by atoms with Gasteiger partial charge in [0.05, 0.1) is 0 Å². The third-order valence-corrected chi connectivity index (χ3v) is 2.54. The molecule has 15 heavy (non-hydrogen) atoms. The highest BCUT2D eigenvalue weighted by Gasteiger charge is 2.15. The van der Waals surface area contributed by atoms with Gasteiger partial charge in [0.25, 0.3) is 5.56 Å². The molecule has 1 rings (SSSR count). The first kappa shape index (κ1) is 11.6. The number of aromatic hydroxyl groups is 1. The van der Waals surface area contributed by atoms with E-state index in [1.165, 1.54) is 9.13 Å². The summed E-state index contributed by atoms with van der Waals surface area (Å²) >= 11 is 5.00. The summed E-state index contributed by atoms with van der Waals surface area (Å²) in [7, 11) is 0. The molecule has 0 saturated heterocycles. The van der Waals surface area contributed by atoms with Crippen LogP contribution in [0.1, 0.15) is 13.8 Å². The molecule has 82 valence electrons. The van der Waals surface area contributed by atoms with Crippen LogP contribution in [0.5, 0.6) is 5.88 Å². The van der Waals surface area contributed by atoms with Crippen molar-refractivity contribution in [1.82, 2.24) is 9.13 Å². The van der Waals surface area contributed by atoms with Crippen molar-refractivity contribution in [2.24, 2.45) is 5.18 Å². The zero-order valence-electron chi connectivity index (χ0n) is 8.43. The molecule has 6 nitrogen and oxygen atoms in total. The Hall–Kier alpha value is -1.50. The van der Waals surface area contributed by atoms with E-state index in [-0.39, 0.29) is 4.77 Å². The van der Waals surface area contributed by atoms with Crippen LogP contribution in [-0.4, -0.2) is 14.2 Å². The van der Waals surface area contributed by atoms with E-state index in [2.05, 4.69) is 5.18 Å². The lowest BCUT2D eigenvalue weighted by molar-refractivity contribution is 0.403. The highest BCUT2D eigenvalue weighted by Crippen LogP contribution is 2.21. The first-order chi connectivity index (χ1) is 7.08. The van der Waals surface area contributed by atoms with Crippen LogP contribution >= 0.6 is 12.2 Å². The number of rotatable bonds is 3. The fraction of sp³-hybridized carbons (Fsp3) is 0.500. The van der Waals surface area contributed by atoms with Crippen molar-refractivity contribution >= 4 is 17.9 Å². The molecule has 0 aromatic carbocycles.